The van der Waals surface area contributed by atoms with E-state index >= 15 is 0 Å². The van der Waals surface area contributed by atoms with Crippen molar-refractivity contribution in [3.8, 4) is 0 Å². The Morgan fingerprint density at radius 3 is 2.59 bits per heavy atom. The van der Waals surface area contributed by atoms with Crippen LogP contribution in [0.3, 0.4) is 0 Å². The van der Waals surface area contributed by atoms with Crippen LogP contribution in [-0.2, 0) is 0 Å². The quantitative estimate of drug-likeness (QED) is 0.707. The van der Waals surface area contributed by atoms with Crippen LogP contribution in [0.15, 0.2) is 22.7 Å². The molecule has 0 bridgehead atoms. The number of halogens is 1. The smallest absolute Gasteiger partial charge is 0.0740 e. The lowest BCUT2D eigenvalue weighted by atomic mass is 9.96. The highest BCUT2D eigenvalue weighted by atomic mass is 79.9. The molecule has 0 radical (unpaired) electrons. The van der Waals surface area contributed by atoms with Crippen LogP contribution in [0.25, 0.3) is 0 Å². The maximum atomic E-state index is 10.0. The van der Waals surface area contributed by atoms with Crippen molar-refractivity contribution in [2.24, 2.45) is 5.92 Å². The van der Waals surface area contributed by atoms with Gasteiger partial charge in [0.15, 0.2) is 0 Å². The number of rotatable bonds is 6. The van der Waals surface area contributed by atoms with Gasteiger partial charge < -0.3 is 16.2 Å². The fourth-order valence-electron chi connectivity index (χ4n) is 1.90. The first-order chi connectivity index (χ1) is 8.08. The highest BCUT2D eigenvalue weighted by Gasteiger charge is 2.15. The maximum absolute atomic E-state index is 10.0. The minimum Gasteiger partial charge on any atom is -0.397 e. The van der Waals surface area contributed by atoms with Gasteiger partial charge >= 0.3 is 0 Å². The van der Waals surface area contributed by atoms with Crippen molar-refractivity contribution < 1.29 is 5.11 Å². The SMILES string of the molecule is CCC(CC)C(O)CNc1cc(Br)ccc1N. The Balaban J connectivity index is 2.57. The zero-order chi connectivity index (χ0) is 12.8. The Kier molecular flexibility index (Phi) is 5.78. The Bertz CT molecular complexity index is 353. The van der Waals surface area contributed by atoms with E-state index in [4.69, 9.17) is 5.73 Å². The van der Waals surface area contributed by atoms with Crippen molar-refractivity contribution >= 4 is 27.3 Å². The van der Waals surface area contributed by atoms with Crippen LogP contribution in [0.1, 0.15) is 26.7 Å². The Morgan fingerprint density at radius 2 is 2.00 bits per heavy atom. The molecule has 0 fully saturated rings. The first-order valence-electron chi connectivity index (χ1n) is 6.05. The molecule has 0 saturated heterocycles. The van der Waals surface area contributed by atoms with Gasteiger partial charge in [0.25, 0.3) is 0 Å². The van der Waals surface area contributed by atoms with Gasteiger partial charge in [-0.1, -0.05) is 42.6 Å². The standard InChI is InChI=1S/C13H21BrN2O/c1-3-9(4-2)13(17)8-16-12-7-10(14)5-6-11(12)15/h5-7,9,13,16-17H,3-4,8,15H2,1-2H3. The summed E-state index contributed by atoms with van der Waals surface area (Å²) in [5.74, 6) is 0.343. The third kappa shape index (κ3) is 4.21. The van der Waals surface area contributed by atoms with Gasteiger partial charge in [-0.25, -0.2) is 0 Å². The number of nitrogens with two attached hydrogens (primary N) is 1. The number of nitrogens with one attached hydrogen (secondary N) is 1. The van der Waals surface area contributed by atoms with Crippen LogP contribution < -0.4 is 11.1 Å². The fourth-order valence-corrected chi connectivity index (χ4v) is 2.26. The minimum atomic E-state index is -0.330. The van der Waals surface area contributed by atoms with Crippen molar-refractivity contribution in [2.45, 2.75) is 32.8 Å². The molecule has 0 aliphatic rings. The summed E-state index contributed by atoms with van der Waals surface area (Å²) < 4.78 is 0.978. The average Bonchev–Trinajstić information content (AvgIpc) is 2.32. The molecule has 17 heavy (non-hydrogen) atoms. The zero-order valence-corrected chi connectivity index (χ0v) is 12.0. The lowest BCUT2D eigenvalue weighted by Gasteiger charge is -2.21. The summed E-state index contributed by atoms with van der Waals surface area (Å²) in [6.07, 6.45) is 1.66. The molecule has 1 aromatic rings. The van der Waals surface area contributed by atoms with Gasteiger partial charge in [-0.3, -0.25) is 0 Å². The lowest BCUT2D eigenvalue weighted by molar-refractivity contribution is 0.114. The molecule has 0 aliphatic heterocycles. The molecular weight excluding hydrogens is 280 g/mol. The Hall–Kier alpha value is -0.740. The molecule has 3 nitrogen and oxygen atoms in total. The normalized spacial score (nSPS) is 12.8. The van der Waals surface area contributed by atoms with Crippen LogP contribution in [0, 0.1) is 5.92 Å². The number of hydrogen-bond donors (Lipinski definition) is 3. The average molecular weight is 301 g/mol. The van der Waals surface area contributed by atoms with E-state index in [0.29, 0.717) is 18.2 Å². The molecule has 1 aromatic carbocycles. The van der Waals surface area contributed by atoms with E-state index in [9.17, 15) is 5.11 Å². The molecule has 0 heterocycles. The van der Waals surface area contributed by atoms with Crippen LogP contribution in [0.5, 0.6) is 0 Å². The molecule has 1 unspecified atom stereocenters. The van der Waals surface area contributed by atoms with E-state index in [1.165, 1.54) is 0 Å². The van der Waals surface area contributed by atoms with Gasteiger partial charge in [0.1, 0.15) is 0 Å². The topological polar surface area (TPSA) is 58.3 Å². The fraction of sp³-hybridized carbons (Fsp3) is 0.538. The molecule has 4 heteroatoms. The van der Waals surface area contributed by atoms with Crippen molar-refractivity contribution in [2.75, 3.05) is 17.6 Å². The van der Waals surface area contributed by atoms with Crippen LogP contribution in [0.2, 0.25) is 0 Å². The molecule has 1 atom stereocenters. The molecule has 0 aliphatic carbocycles. The number of benzene rings is 1. The predicted molar refractivity (Wildman–Crippen MR) is 77.1 cm³/mol. The van der Waals surface area contributed by atoms with E-state index < -0.39 is 0 Å². The summed E-state index contributed by atoms with van der Waals surface area (Å²) >= 11 is 3.40. The summed E-state index contributed by atoms with van der Waals surface area (Å²) in [6, 6.07) is 5.67. The largest absolute Gasteiger partial charge is 0.397 e. The second kappa shape index (κ2) is 6.87. The monoisotopic (exact) mass is 300 g/mol. The van der Waals surface area contributed by atoms with Crippen molar-refractivity contribution in [1.29, 1.82) is 0 Å². The van der Waals surface area contributed by atoms with Crippen LogP contribution in [-0.4, -0.2) is 17.8 Å². The third-order valence-corrected chi connectivity index (χ3v) is 3.60. The third-order valence-electron chi connectivity index (χ3n) is 3.11. The van der Waals surface area contributed by atoms with Crippen LogP contribution >= 0.6 is 15.9 Å². The first kappa shape index (κ1) is 14.3. The lowest BCUT2D eigenvalue weighted by Crippen LogP contribution is -2.27. The first-order valence-corrected chi connectivity index (χ1v) is 6.84. The highest BCUT2D eigenvalue weighted by molar-refractivity contribution is 9.10. The highest BCUT2D eigenvalue weighted by Crippen LogP contribution is 2.23. The van der Waals surface area contributed by atoms with Gasteiger partial charge in [0, 0.05) is 11.0 Å². The molecule has 0 saturated carbocycles. The van der Waals surface area contributed by atoms with Gasteiger partial charge in [0.2, 0.25) is 0 Å². The summed E-state index contributed by atoms with van der Waals surface area (Å²) in [5, 5.41) is 13.2. The number of aliphatic hydroxyl groups is 1. The molecular formula is C13H21BrN2O. The molecule has 0 spiro atoms. The van der Waals surface area contributed by atoms with E-state index in [-0.39, 0.29) is 6.10 Å². The Labute approximate surface area is 112 Å². The molecule has 1 rings (SSSR count). The predicted octanol–water partition coefficient (Wildman–Crippen LogP) is 3.24. The summed E-state index contributed by atoms with van der Waals surface area (Å²) in [6.45, 7) is 4.74. The van der Waals surface area contributed by atoms with E-state index in [0.717, 1.165) is 23.0 Å². The second-order valence-electron chi connectivity index (χ2n) is 4.26. The van der Waals surface area contributed by atoms with Crippen molar-refractivity contribution in [3.63, 3.8) is 0 Å². The number of anilines is 2. The van der Waals surface area contributed by atoms with Gasteiger partial charge in [-0.15, -0.1) is 0 Å². The number of hydrogen-bond acceptors (Lipinski definition) is 3. The molecule has 96 valence electrons. The minimum absolute atomic E-state index is 0.330. The van der Waals surface area contributed by atoms with E-state index in [2.05, 4.69) is 35.1 Å². The Morgan fingerprint density at radius 1 is 1.35 bits per heavy atom. The van der Waals surface area contributed by atoms with Crippen molar-refractivity contribution in [1.82, 2.24) is 0 Å². The molecule has 0 amide bonds. The number of aliphatic hydroxyl groups excluding tert-OH is 1. The summed E-state index contributed by atoms with van der Waals surface area (Å²) in [5.41, 5.74) is 7.42. The van der Waals surface area contributed by atoms with Crippen molar-refractivity contribution in [3.05, 3.63) is 22.7 Å². The second-order valence-corrected chi connectivity index (χ2v) is 5.17. The molecule has 4 N–H and O–H groups in total. The zero-order valence-electron chi connectivity index (χ0n) is 10.4. The summed E-state index contributed by atoms with van der Waals surface area (Å²) in [4.78, 5) is 0. The van der Waals surface area contributed by atoms with Gasteiger partial charge in [0.05, 0.1) is 17.5 Å². The van der Waals surface area contributed by atoms with Gasteiger partial charge in [-0.2, -0.15) is 0 Å². The van der Waals surface area contributed by atoms with E-state index in [1.54, 1.807) is 0 Å². The van der Waals surface area contributed by atoms with E-state index in [1.807, 2.05) is 18.2 Å². The maximum Gasteiger partial charge on any atom is 0.0740 e. The van der Waals surface area contributed by atoms with Crippen LogP contribution in [0.4, 0.5) is 11.4 Å². The molecule has 0 aromatic heterocycles. The van der Waals surface area contributed by atoms with Gasteiger partial charge in [-0.05, 0) is 24.1 Å². The summed E-state index contributed by atoms with van der Waals surface area (Å²) in [7, 11) is 0. The number of nitrogen functional groups attached to an aromatic ring is 1.